The van der Waals surface area contributed by atoms with Crippen molar-refractivity contribution in [1.29, 1.82) is 0 Å². The summed E-state index contributed by atoms with van der Waals surface area (Å²) in [6.07, 6.45) is 3.32. The predicted molar refractivity (Wildman–Crippen MR) is 101 cm³/mol. The molecule has 0 saturated carbocycles. The Labute approximate surface area is 159 Å². The van der Waals surface area contributed by atoms with E-state index in [1.807, 2.05) is 24.3 Å². The van der Waals surface area contributed by atoms with Gasteiger partial charge in [0.25, 0.3) is 0 Å². The second kappa shape index (κ2) is 7.31. The van der Waals surface area contributed by atoms with Crippen LogP contribution in [-0.4, -0.2) is 32.0 Å². The van der Waals surface area contributed by atoms with Gasteiger partial charge in [-0.05, 0) is 18.2 Å². The van der Waals surface area contributed by atoms with E-state index in [-0.39, 0.29) is 18.0 Å². The molecular formula is C19H15N5O4. The highest BCUT2D eigenvalue weighted by molar-refractivity contribution is 5.83. The molecule has 2 aromatic heterocycles. The molecule has 2 heterocycles. The Morgan fingerprint density at radius 2 is 2.07 bits per heavy atom. The highest BCUT2D eigenvalue weighted by Gasteiger charge is 2.18. The first-order valence-electron chi connectivity index (χ1n) is 8.35. The van der Waals surface area contributed by atoms with Gasteiger partial charge in [0.05, 0.1) is 29.4 Å². The molecule has 0 bridgehead atoms. The molecule has 9 nitrogen and oxygen atoms in total. The monoisotopic (exact) mass is 377 g/mol. The number of benzene rings is 2. The Hall–Kier alpha value is -4.01. The average Bonchev–Trinajstić information content (AvgIpc) is 3.20. The van der Waals surface area contributed by atoms with Crippen molar-refractivity contribution >= 4 is 16.6 Å². The number of nitro groups is 1. The smallest absolute Gasteiger partial charge is 0.311 e. The van der Waals surface area contributed by atoms with Gasteiger partial charge < -0.3 is 9.47 Å². The van der Waals surface area contributed by atoms with Gasteiger partial charge in [-0.3, -0.25) is 15.1 Å². The molecule has 0 spiro atoms. The molecule has 0 unspecified atom stereocenters. The second-order valence-corrected chi connectivity index (χ2v) is 5.92. The van der Waals surface area contributed by atoms with Crippen LogP contribution in [0.2, 0.25) is 0 Å². The molecule has 0 saturated heterocycles. The highest BCUT2D eigenvalue weighted by atomic mass is 16.6. The summed E-state index contributed by atoms with van der Waals surface area (Å²) in [4.78, 5) is 15.1. The van der Waals surface area contributed by atoms with Crippen LogP contribution in [0.4, 0.5) is 5.69 Å². The maximum Gasteiger partial charge on any atom is 0.311 e. The summed E-state index contributed by atoms with van der Waals surface area (Å²) in [6, 6.07) is 13.8. The van der Waals surface area contributed by atoms with Gasteiger partial charge in [-0.2, -0.15) is 0 Å². The molecule has 140 valence electrons. The lowest BCUT2D eigenvalue weighted by molar-refractivity contribution is -0.385. The van der Waals surface area contributed by atoms with E-state index in [1.54, 1.807) is 42.4 Å². The van der Waals surface area contributed by atoms with Crippen LogP contribution in [0, 0.1) is 10.1 Å². The number of ether oxygens (including phenoxy) is 2. The Bertz CT molecular complexity index is 1160. The Kier molecular flexibility index (Phi) is 4.55. The summed E-state index contributed by atoms with van der Waals surface area (Å²) < 4.78 is 12.4. The maximum absolute atomic E-state index is 11.4. The predicted octanol–water partition coefficient (Wildman–Crippen LogP) is 3.31. The molecule has 2 aromatic carbocycles. The average molecular weight is 377 g/mol. The molecule has 0 radical (unpaired) electrons. The van der Waals surface area contributed by atoms with Gasteiger partial charge in [-0.25, -0.2) is 4.68 Å². The number of rotatable bonds is 6. The maximum atomic E-state index is 11.4. The molecular weight excluding hydrogens is 362 g/mol. The minimum atomic E-state index is -0.477. The summed E-state index contributed by atoms with van der Waals surface area (Å²) in [7, 11) is 1.59. The van der Waals surface area contributed by atoms with E-state index < -0.39 is 4.92 Å². The summed E-state index contributed by atoms with van der Waals surface area (Å²) >= 11 is 0. The summed E-state index contributed by atoms with van der Waals surface area (Å²) in [5.74, 6) is 0.831. The molecule has 0 fully saturated rings. The van der Waals surface area contributed by atoms with Crippen molar-refractivity contribution in [1.82, 2.24) is 20.0 Å². The lowest BCUT2D eigenvalue weighted by Crippen LogP contribution is -2.00. The van der Waals surface area contributed by atoms with Crippen molar-refractivity contribution in [2.24, 2.45) is 0 Å². The first-order chi connectivity index (χ1) is 13.6. The van der Waals surface area contributed by atoms with Crippen molar-refractivity contribution in [3.63, 3.8) is 0 Å². The van der Waals surface area contributed by atoms with Crippen LogP contribution in [0.3, 0.4) is 0 Å². The zero-order valence-corrected chi connectivity index (χ0v) is 14.8. The van der Waals surface area contributed by atoms with Crippen LogP contribution >= 0.6 is 0 Å². The Morgan fingerprint density at radius 1 is 1.18 bits per heavy atom. The molecule has 0 aliphatic carbocycles. The number of methoxy groups -OCH3 is 1. The third-order valence-electron chi connectivity index (χ3n) is 4.11. The molecule has 4 aromatic rings. The van der Waals surface area contributed by atoms with E-state index in [0.29, 0.717) is 22.3 Å². The van der Waals surface area contributed by atoms with Gasteiger partial charge in [0, 0.05) is 29.8 Å². The molecule has 0 amide bonds. The minimum Gasteiger partial charge on any atom is -0.497 e. The lowest BCUT2D eigenvalue weighted by atomic mass is 10.2. The van der Waals surface area contributed by atoms with Gasteiger partial charge in [0.1, 0.15) is 18.1 Å². The lowest BCUT2D eigenvalue weighted by Gasteiger charge is -2.06. The summed E-state index contributed by atoms with van der Waals surface area (Å²) in [5, 5.41) is 20.2. The number of hydrogen-bond donors (Lipinski definition) is 0. The fraction of sp³-hybridized carbons (Fsp3) is 0.105. The largest absolute Gasteiger partial charge is 0.497 e. The molecule has 0 atom stereocenters. The van der Waals surface area contributed by atoms with Crippen molar-refractivity contribution in [2.75, 3.05) is 7.11 Å². The highest BCUT2D eigenvalue weighted by Crippen LogP contribution is 2.31. The van der Waals surface area contributed by atoms with Gasteiger partial charge in [0.15, 0.2) is 5.75 Å². The fourth-order valence-corrected chi connectivity index (χ4v) is 2.74. The van der Waals surface area contributed by atoms with E-state index in [0.717, 1.165) is 5.69 Å². The number of pyridine rings is 1. The molecule has 9 heteroatoms. The van der Waals surface area contributed by atoms with Crippen LogP contribution < -0.4 is 9.47 Å². The fourth-order valence-electron chi connectivity index (χ4n) is 2.74. The van der Waals surface area contributed by atoms with Gasteiger partial charge in [0.2, 0.25) is 0 Å². The Balaban J connectivity index is 1.57. The van der Waals surface area contributed by atoms with Crippen LogP contribution in [0.15, 0.2) is 60.9 Å². The zero-order valence-electron chi connectivity index (χ0n) is 14.8. The van der Waals surface area contributed by atoms with Gasteiger partial charge in [-0.1, -0.05) is 17.3 Å². The van der Waals surface area contributed by atoms with Gasteiger partial charge >= 0.3 is 5.69 Å². The first kappa shape index (κ1) is 17.4. The van der Waals surface area contributed by atoms with Crippen LogP contribution in [0.1, 0.15) is 5.69 Å². The van der Waals surface area contributed by atoms with E-state index in [1.165, 1.54) is 6.07 Å². The van der Waals surface area contributed by atoms with E-state index >= 15 is 0 Å². The number of nitrogens with zero attached hydrogens (tertiary/aromatic N) is 5. The molecule has 0 N–H and O–H groups in total. The standard InChI is InChI=1S/C19H15N5O4/c1-27-16-6-2-5-15(9-16)23-11-14(21-22-23)12-28-19-10-17-13(4-3-7-20-17)8-18(19)24(25)26/h2-11H,12H2,1H3. The van der Waals surface area contributed by atoms with Crippen molar-refractivity contribution in [2.45, 2.75) is 6.61 Å². The normalized spacial score (nSPS) is 10.8. The van der Waals surface area contributed by atoms with Gasteiger partial charge in [-0.15, -0.1) is 5.10 Å². The molecule has 0 aliphatic rings. The quantitative estimate of drug-likeness (QED) is 0.375. The molecule has 4 rings (SSSR count). The summed E-state index contributed by atoms with van der Waals surface area (Å²) in [5.41, 5.74) is 1.79. The zero-order chi connectivity index (χ0) is 19.5. The number of hydrogen-bond acceptors (Lipinski definition) is 7. The van der Waals surface area contributed by atoms with Crippen molar-refractivity contribution in [3.8, 4) is 17.2 Å². The third-order valence-corrected chi connectivity index (χ3v) is 4.11. The number of fused-ring (bicyclic) bond motifs is 1. The number of nitro benzene ring substituents is 1. The van der Waals surface area contributed by atoms with E-state index in [4.69, 9.17) is 9.47 Å². The van der Waals surface area contributed by atoms with Crippen molar-refractivity contribution < 1.29 is 14.4 Å². The van der Waals surface area contributed by atoms with E-state index in [2.05, 4.69) is 15.3 Å². The van der Waals surface area contributed by atoms with Crippen LogP contribution in [0.25, 0.3) is 16.6 Å². The Morgan fingerprint density at radius 3 is 2.89 bits per heavy atom. The minimum absolute atomic E-state index is 0.0309. The van der Waals surface area contributed by atoms with Crippen molar-refractivity contribution in [3.05, 3.63) is 76.7 Å². The van der Waals surface area contributed by atoms with Crippen LogP contribution in [-0.2, 0) is 6.61 Å². The topological polar surface area (TPSA) is 105 Å². The molecule has 0 aliphatic heterocycles. The first-order valence-corrected chi connectivity index (χ1v) is 8.35. The second-order valence-electron chi connectivity index (χ2n) is 5.92. The van der Waals surface area contributed by atoms with E-state index in [9.17, 15) is 10.1 Å². The molecule has 28 heavy (non-hydrogen) atoms. The van der Waals surface area contributed by atoms with Crippen LogP contribution in [0.5, 0.6) is 11.5 Å². The summed E-state index contributed by atoms with van der Waals surface area (Å²) in [6.45, 7) is 0.0309. The number of aromatic nitrogens is 4. The SMILES string of the molecule is COc1cccc(-n2cc(COc3cc4ncccc4cc3[N+](=O)[O-])nn2)c1. The third kappa shape index (κ3) is 3.45.